The molecule has 2 atom stereocenters. The molecule has 2 fully saturated rings. The quantitative estimate of drug-likeness (QED) is 0.203. The molecular weight excluding hydrogens is 480 g/mol. The number of hydrogen-bond donors (Lipinski definition) is 3. The first kappa shape index (κ1) is 22.3. The zero-order valence-electron chi connectivity index (χ0n) is 17.8. The van der Waals surface area contributed by atoms with Gasteiger partial charge in [0.15, 0.2) is 29.8 Å². The molecule has 1 aliphatic carbocycles. The number of nitrogen functional groups attached to an aromatic ring is 1. The van der Waals surface area contributed by atoms with Gasteiger partial charge in [-0.05, 0) is 12.8 Å². The number of rotatable bonds is 8. The summed E-state index contributed by atoms with van der Waals surface area (Å²) in [5.41, 5.74) is 6.48. The number of oxime groups is 1. The fourth-order valence-electron chi connectivity index (χ4n) is 3.68. The van der Waals surface area contributed by atoms with Gasteiger partial charge in [-0.3, -0.25) is 14.5 Å². The number of hydrogen-bond acceptors (Lipinski definition) is 9. The number of thioether (sulfide) groups is 1. The van der Waals surface area contributed by atoms with Crippen LogP contribution in [0.25, 0.3) is 0 Å². The molecule has 0 radical (unpaired) electrons. The summed E-state index contributed by atoms with van der Waals surface area (Å²) in [5.74, 6) is -1.87. The predicted octanol–water partition coefficient (Wildman–Crippen LogP) is 0.335. The van der Waals surface area contributed by atoms with E-state index in [1.165, 1.54) is 16.7 Å². The molecule has 34 heavy (non-hydrogen) atoms. The number of carboxylic acid groups (broad SMARTS) is 1. The van der Waals surface area contributed by atoms with Crippen molar-refractivity contribution in [2.24, 2.45) is 5.16 Å². The van der Waals surface area contributed by atoms with Crippen LogP contribution in [0.3, 0.4) is 0 Å². The number of carbonyl (C=O) groups excluding carboxylic acids is 2. The Labute approximate surface area is 202 Å². The fraction of sp³-hybridized carbons (Fsp3) is 0.333. The second-order valence-electron chi connectivity index (χ2n) is 7.98. The first-order valence-corrected chi connectivity index (χ1v) is 12.5. The number of thiazole rings is 1. The highest BCUT2D eigenvalue weighted by Crippen LogP contribution is 2.40. The van der Waals surface area contributed by atoms with Crippen LogP contribution >= 0.6 is 23.1 Å². The summed E-state index contributed by atoms with van der Waals surface area (Å²) >= 11 is 2.57. The van der Waals surface area contributed by atoms with Gasteiger partial charge in [-0.1, -0.05) is 11.2 Å². The average Bonchev–Trinajstić information content (AvgIpc) is 3.56. The number of amides is 2. The molecule has 2 aromatic rings. The van der Waals surface area contributed by atoms with Crippen molar-refractivity contribution in [2.75, 3.05) is 11.5 Å². The molecule has 0 unspecified atom stereocenters. The monoisotopic (exact) mass is 501 g/mol. The van der Waals surface area contributed by atoms with Gasteiger partial charge >= 0.3 is 5.97 Å². The topological polar surface area (TPSA) is 151 Å². The highest BCUT2D eigenvalue weighted by Gasteiger charge is 2.54. The summed E-state index contributed by atoms with van der Waals surface area (Å²) in [6.45, 7) is 0.351. The number of carbonyl (C=O) groups is 3. The van der Waals surface area contributed by atoms with Gasteiger partial charge in [0.1, 0.15) is 28.9 Å². The SMILES string of the molecule is Nc1nc(C(=NOC2CC2)C(=O)N[C@@H]2C(=O)N3C(C(=O)O)=C(C[n+]4ccccc4)CS[C@H]23)cs1. The van der Waals surface area contributed by atoms with Crippen molar-refractivity contribution in [3.8, 4) is 0 Å². The molecular formula is C21H21N6O5S2+. The highest BCUT2D eigenvalue weighted by atomic mass is 32.2. The number of nitrogens with zero attached hydrogens (tertiary/aromatic N) is 4. The first-order valence-electron chi connectivity index (χ1n) is 10.5. The molecule has 13 heteroatoms. The molecule has 2 aliphatic heterocycles. The summed E-state index contributed by atoms with van der Waals surface area (Å²) in [5, 5.41) is 17.8. The molecule has 4 heterocycles. The van der Waals surface area contributed by atoms with E-state index >= 15 is 0 Å². The van der Waals surface area contributed by atoms with E-state index in [2.05, 4.69) is 15.5 Å². The van der Waals surface area contributed by atoms with Crippen LogP contribution in [-0.4, -0.2) is 61.8 Å². The van der Waals surface area contributed by atoms with Crippen LogP contribution in [0, 0.1) is 0 Å². The Morgan fingerprint density at radius 3 is 2.74 bits per heavy atom. The first-order chi connectivity index (χ1) is 16.4. The lowest BCUT2D eigenvalue weighted by Gasteiger charge is -2.49. The summed E-state index contributed by atoms with van der Waals surface area (Å²) < 4.78 is 1.85. The van der Waals surface area contributed by atoms with Gasteiger partial charge in [-0.2, -0.15) is 0 Å². The lowest BCUT2D eigenvalue weighted by molar-refractivity contribution is -0.689. The van der Waals surface area contributed by atoms with Crippen molar-refractivity contribution >= 4 is 51.7 Å². The molecule has 2 aromatic heterocycles. The third-order valence-corrected chi connectivity index (χ3v) is 7.50. The van der Waals surface area contributed by atoms with Gasteiger partial charge in [0.05, 0.1) is 0 Å². The molecule has 4 N–H and O–H groups in total. The maximum atomic E-state index is 13.0. The number of aliphatic carboxylic acids is 1. The van der Waals surface area contributed by atoms with E-state index in [0.29, 0.717) is 17.9 Å². The summed E-state index contributed by atoms with van der Waals surface area (Å²) in [4.78, 5) is 48.8. The van der Waals surface area contributed by atoms with Gasteiger partial charge < -0.3 is 21.0 Å². The van der Waals surface area contributed by atoms with E-state index in [0.717, 1.165) is 24.2 Å². The maximum absolute atomic E-state index is 13.0. The molecule has 11 nitrogen and oxygen atoms in total. The molecule has 0 aromatic carbocycles. The second kappa shape index (κ2) is 9.06. The summed E-state index contributed by atoms with van der Waals surface area (Å²) in [6, 6.07) is 4.68. The molecule has 5 rings (SSSR count). The van der Waals surface area contributed by atoms with Gasteiger partial charge in [-0.25, -0.2) is 14.3 Å². The van der Waals surface area contributed by atoms with E-state index in [9.17, 15) is 19.5 Å². The number of nitrogens with two attached hydrogens (primary N) is 1. The Kier molecular flexibility index (Phi) is 5.96. The summed E-state index contributed by atoms with van der Waals surface area (Å²) in [7, 11) is 0. The lowest BCUT2D eigenvalue weighted by Crippen LogP contribution is -2.71. The van der Waals surface area contributed by atoms with E-state index in [1.54, 1.807) is 5.38 Å². The molecule has 176 valence electrons. The lowest BCUT2D eigenvalue weighted by atomic mass is 10.0. The van der Waals surface area contributed by atoms with Crippen LogP contribution in [0.4, 0.5) is 5.13 Å². The van der Waals surface area contributed by atoms with Gasteiger partial charge in [0.2, 0.25) is 0 Å². The van der Waals surface area contributed by atoms with E-state index in [1.807, 2.05) is 35.2 Å². The van der Waals surface area contributed by atoms with Crippen molar-refractivity contribution in [3.63, 3.8) is 0 Å². The number of nitrogens with one attached hydrogen (secondary N) is 1. The van der Waals surface area contributed by atoms with Crippen LogP contribution in [0.15, 0.2) is 52.4 Å². The third kappa shape index (κ3) is 4.35. The minimum Gasteiger partial charge on any atom is -0.477 e. The van der Waals surface area contributed by atoms with E-state index in [-0.39, 0.29) is 28.3 Å². The maximum Gasteiger partial charge on any atom is 0.352 e. The Morgan fingerprint density at radius 1 is 1.32 bits per heavy atom. The number of pyridine rings is 1. The average molecular weight is 502 g/mol. The molecule has 2 amide bonds. The Balaban J connectivity index is 1.34. The number of β-lactam (4-membered cyclic amide) rings is 1. The Bertz CT molecular complexity index is 1210. The fourth-order valence-corrected chi connectivity index (χ4v) is 5.56. The molecule has 0 bridgehead atoms. The van der Waals surface area contributed by atoms with Gasteiger partial charge in [0, 0.05) is 28.8 Å². The minimum atomic E-state index is -1.17. The zero-order chi connectivity index (χ0) is 23.8. The number of fused-ring (bicyclic) bond motifs is 1. The second-order valence-corrected chi connectivity index (χ2v) is 9.98. The number of anilines is 1. The minimum absolute atomic E-state index is 0.0299. The van der Waals surface area contributed by atoms with Crippen LogP contribution in [0.2, 0.25) is 0 Å². The van der Waals surface area contributed by atoms with Crippen LogP contribution < -0.4 is 15.6 Å². The molecule has 3 aliphatic rings. The van der Waals surface area contributed by atoms with Crippen molar-refractivity contribution in [3.05, 3.63) is 52.9 Å². The standard InChI is InChI=1S/C21H20N6O5S2/c22-21-23-13(10-34-21)14(25-32-12-4-5-12)17(28)24-15-18(29)27-16(20(30)31)11(9-33-19(15)27)8-26-6-2-1-3-7-26/h1-3,6-7,10,12,15,19H,4-5,8-9H2,(H3-,22,23,24,28,30,31)/p+1/t15-,19-/m1/s1. The van der Waals surface area contributed by atoms with Crippen molar-refractivity contribution in [1.29, 1.82) is 0 Å². The highest BCUT2D eigenvalue weighted by molar-refractivity contribution is 8.00. The molecule has 1 saturated carbocycles. The smallest absolute Gasteiger partial charge is 0.352 e. The third-order valence-electron chi connectivity index (χ3n) is 5.48. The van der Waals surface area contributed by atoms with Crippen molar-refractivity contribution < 1.29 is 28.9 Å². The number of aromatic nitrogens is 2. The Morgan fingerprint density at radius 2 is 2.09 bits per heavy atom. The van der Waals surface area contributed by atoms with Crippen LogP contribution in [0.1, 0.15) is 18.5 Å². The normalized spacial score (nSPS) is 22.2. The summed E-state index contributed by atoms with van der Waals surface area (Å²) in [6.07, 6.45) is 5.36. The molecule has 0 spiro atoms. The van der Waals surface area contributed by atoms with Gasteiger partial charge in [0.25, 0.3) is 11.8 Å². The Hall–Kier alpha value is -3.45. The van der Waals surface area contributed by atoms with Crippen LogP contribution in [0.5, 0.6) is 0 Å². The van der Waals surface area contributed by atoms with Crippen LogP contribution in [-0.2, 0) is 25.8 Å². The van der Waals surface area contributed by atoms with E-state index < -0.39 is 29.2 Å². The van der Waals surface area contributed by atoms with Crippen molar-refractivity contribution in [2.45, 2.75) is 36.9 Å². The molecule has 1 saturated heterocycles. The van der Waals surface area contributed by atoms with Crippen molar-refractivity contribution in [1.82, 2.24) is 15.2 Å². The van der Waals surface area contributed by atoms with Gasteiger partial charge in [-0.15, -0.1) is 23.1 Å². The zero-order valence-corrected chi connectivity index (χ0v) is 19.4. The predicted molar refractivity (Wildman–Crippen MR) is 123 cm³/mol. The number of carboxylic acids is 1. The largest absolute Gasteiger partial charge is 0.477 e. The van der Waals surface area contributed by atoms with E-state index in [4.69, 9.17) is 10.6 Å².